The predicted molar refractivity (Wildman–Crippen MR) is 80.8 cm³/mol. The summed E-state index contributed by atoms with van der Waals surface area (Å²) in [6.07, 6.45) is 0. The summed E-state index contributed by atoms with van der Waals surface area (Å²) < 4.78 is 5.87. The van der Waals surface area contributed by atoms with Crippen LogP contribution in [0, 0.1) is 6.92 Å². The minimum absolute atomic E-state index is 0.0346. The molecule has 1 aromatic heterocycles. The van der Waals surface area contributed by atoms with Crippen molar-refractivity contribution >= 4 is 11.8 Å². The molecule has 5 heteroatoms. The van der Waals surface area contributed by atoms with Gasteiger partial charge in [-0.25, -0.2) is 0 Å². The molecule has 0 spiro atoms. The van der Waals surface area contributed by atoms with E-state index in [4.69, 9.17) is 16.2 Å². The summed E-state index contributed by atoms with van der Waals surface area (Å²) in [6, 6.07) is 7.68. The molecular weight excluding hydrogens is 252 g/mol. The summed E-state index contributed by atoms with van der Waals surface area (Å²) in [5, 5.41) is 0. The summed E-state index contributed by atoms with van der Waals surface area (Å²) >= 11 is 0. The maximum Gasteiger partial charge on any atom is 0.226 e. The van der Waals surface area contributed by atoms with Gasteiger partial charge in [0, 0.05) is 11.6 Å². The van der Waals surface area contributed by atoms with Crippen LogP contribution in [0.15, 0.2) is 24.3 Å². The first-order chi connectivity index (χ1) is 9.25. The van der Waals surface area contributed by atoms with E-state index >= 15 is 0 Å². The van der Waals surface area contributed by atoms with Crippen molar-refractivity contribution in [2.75, 3.05) is 11.5 Å². The third-order valence-corrected chi connectivity index (χ3v) is 2.90. The highest BCUT2D eigenvalue weighted by molar-refractivity contribution is 5.45. The molecule has 0 fully saturated rings. The Bertz CT molecular complexity index is 612. The SMILES string of the molecule is Cc1ccc(C(C)(C)C)c(Oc2cc(N)nc(N)n2)c1. The second-order valence-corrected chi connectivity index (χ2v) is 5.84. The lowest BCUT2D eigenvalue weighted by molar-refractivity contribution is 0.439. The molecule has 5 nitrogen and oxygen atoms in total. The minimum Gasteiger partial charge on any atom is -0.438 e. The van der Waals surface area contributed by atoms with Crippen LogP contribution < -0.4 is 16.2 Å². The fourth-order valence-corrected chi connectivity index (χ4v) is 1.96. The van der Waals surface area contributed by atoms with Crippen LogP contribution in [0.5, 0.6) is 11.6 Å². The molecule has 0 radical (unpaired) electrons. The zero-order chi connectivity index (χ0) is 14.9. The molecule has 0 atom stereocenters. The van der Waals surface area contributed by atoms with E-state index in [0.717, 1.165) is 16.9 Å². The number of hydrogen-bond acceptors (Lipinski definition) is 5. The fraction of sp³-hybridized carbons (Fsp3) is 0.333. The normalized spacial score (nSPS) is 11.4. The van der Waals surface area contributed by atoms with E-state index in [9.17, 15) is 0 Å². The summed E-state index contributed by atoms with van der Waals surface area (Å²) in [6.45, 7) is 8.41. The number of ether oxygens (including phenoxy) is 1. The van der Waals surface area contributed by atoms with Crippen LogP contribution >= 0.6 is 0 Å². The second-order valence-electron chi connectivity index (χ2n) is 5.84. The quantitative estimate of drug-likeness (QED) is 0.877. The Morgan fingerprint density at radius 3 is 2.35 bits per heavy atom. The number of nitrogens with zero attached hydrogens (tertiary/aromatic N) is 2. The van der Waals surface area contributed by atoms with Gasteiger partial charge in [0.1, 0.15) is 11.6 Å². The number of aryl methyl sites for hydroxylation is 1. The molecule has 0 amide bonds. The monoisotopic (exact) mass is 272 g/mol. The molecule has 106 valence electrons. The number of nitrogens with two attached hydrogens (primary N) is 2. The lowest BCUT2D eigenvalue weighted by atomic mass is 9.86. The number of benzene rings is 1. The Balaban J connectivity index is 2.44. The van der Waals surface area contributed by atoms with Crippen molar-refractivity contribution in [1.29, 1.82) is 0 Å². The lowest BCUT2D eigenvalue weighted by Gasteiger charge is -2.22. The molecule has 1 aromatic carbocycles. The molecule has 1 heterocycles. The van der Waals surface area contributed by atoms with Crippen molar-refractivity contribution < 1.29 is 4.74 Å². The molecule has 0 aliphatic carbocycles. The fourth-order valence-electron chi connectivity index (χ4n) is 1.96. The Morgan fingerprint density at radius 2 is 1.75 bits per heavy atom. The van der Waals surface area contributed by atoms with E-state index in [1.165, 1.54) is 0 Å². The number of rotatable bonds is 2. The first-order valence-corrected chi connectivity index (χ1v) is 6.45. The van der Waals surface area contributed by atoms with Gasteiger partial charge in [-0.05, 0) is 24.0 Å². The Hall–Kier alpha value is -2.30. The topological polar surface area (TPSA) is 87.0 Å². The highest BCUT2D eigenvalue weighted by Crippen LogP contribution is 2.34. The molecule has 2 aromatic rings. The number of nitrogen functional groups attached to an aromatic ring is 2. The third-order valence-electron chi connectivity index (χ3n) is 2.90. The molecular formula is C15H20N4O. The standard InChI is InChI=1S/C15H20N4O/c1-9-5-6-10(15(2,3)4)11(7-9)20-13-8-12(16)18-14(17)19-13/h5-8H,1-4H3,(H4,16,17,18,19). The summed E-state index contributed by atoms with van der Waals surface area (Å²) in [5.41, 5.74) is 13.4. The molecule has 20 heavy (non-hydrogen) atoms. The molecule has 0 aliphatic rings. The van der Waals surface area contributed by atoms with Crippen molar-refractivity contribution in [3.05, 3.63) is 35.4 Å². The van der Waals surface area contributed by atoms with Gasteiger partial charge in [0.25, 0.3) is 0 Å². The Morgan fingerprint density at radius 1 is 1.05 bits per heavy atom. The second kappa shape index (κ2) is 5.00. The van der Waals surface area contributed by atoms with Gasteiger partial charge < -0.3 is 16.2 Å². The van der Waals surface area contributed by atoms with Crippen LogP contribution in [0.25, 0.3) is 0 Å². The van der Waals surface area contributed by atoms with E-state index in [-0.39, 0.29) is 17.2 Å². The van der Waals surface area contributed by atoms with E-state index in [1.807, 2.05) is 13.0 Å². The van der Waals surface area contributed by atoms with Gasteiger partial charge in [0.15, 0.2) is 0 Å². The third kappa shape index (κ3) is 3.17. The Labute approximate surface area is 119 Å². The van der Waals surface area contributed by atoms with Gasteiger partial charge in [-0.15, -0.1) is 0 Å². The van der Waals surface area contributed by atoms with Crippen LogP contribution in [0.3, 0.4) is 0 Å². The zero-order valence-corrected chi connectivity index (χ0v) is 12.3. The van der Waals surface area contributed by atoms with Crippen molar-refractivity contribution in [1.82, 2.24) is 9.97 Å². The molecule has 4 N–H and O–H groups in total. The minimum atomic E-state index is -0.0346. The van der Waals surface area contributed by atoms with Crippen molar-refractivity contribution in [3.63, 3.8) is 0 Å². The van der Waals surface area contributed by atoms with Crippen LogP contribution in [-0.2, 0) is 5.41 Å². The number of hydrogen-bond donors (Lipinski definition) is 2. The van der Waals surface area contributed by atoms with E-state index in [1.54, 1.807) is 6.07 Å². The lowest BCUT2D eigenvalue weighted by Crippen LogP contribution is -2.13. The largest absolute Gasteiger partial charge is 0.438 e. The van der Waals surface area contributed by atoms with Crippen LogP contribution in [0.4, 0.5) is 11.8 Å². The molecule has 0 aliphatic heterocycles. The van der Waals surface area contributed by atoms with Crippen LogP contribution in [-0.4, -0.2) is 9.97 Å². The van der Waals surface area contributed by atoms with Gasteiger partial charge in [-0.3, -0.25) is 0 Å². The van der Waals surface area contributed by atoms with E-state index in [0.29, 0.717) is 5.88 Å². The van der Waals surface area contributed by atoms with Gasteiger partial charge in [0.2, 0.25) is 11.8 Å². The van der Waals surface area contributed by atoms with Crippen molar-refractivity contribution in [3.8, 4) is 11.6 Å². The van der Waals surface area contributed by atoms with E-state index < -0.39 is 0 Å². The predicted octanol–water partition coefficient (Wildman–Crippen LogP) is 3.04. The molecule has 0 bridgehead atoms. The molecule has 0 saturated carbocycles. The maximum atomic E-state index is 5.87. The van der Waals surface area contributed by atoms with Crippen LogP contribution in [0.2, 0.25) is 0 Å². The van der Waals surface area contributed by atoms with Crippen molar-refractivity contribution in [2.24, 2.45) is 0 Å². The summed E-state index contributed by atoms with van der Waals surface area (Å²) in [5.74, 6) is 1.50. The van der Waals surface area contributed by atoms with E-state index in [2.05, 4.69) is 42.9 Å². The summed E-state index contributed by atoms with van der Waals surface area (Å²) in [4.78, 5) is 7.88. The van der Waals surface area contributed by atoms with Crippen molar-refractivity contribution in [2.45, 2.75) is 33.1 Å². The van der Waals surface area contributed by atoms with Gasteiger partial charge in [-0.1, -0.05) is 32.9 Å². The summed E-state index contributed by atoms with van der Waals surface area (Å²) in [7, 11) is 0. The highest BCUT2D eigenvalue weighted by atomic mass is 16.5. The zero-order valence-electron chi connectivity index (χ0n) is 12.3. The average Bonchev–Trinajstić information content (AvgIpc) is 2.25. The first-order valence-electron chi connectivity index (χ1n) is 6.45. The van der Waals surface area contributed by atoms with Crippen LogP contribution in [0.1, 0.15) is 31.9 Å². The Kier molecular flexibility index (Phi) is 3.53. The smallest absolute Gasteiger partial charge is 0.226 e. The van der Waals surface area contributed by atoms with Gasteiger partial charge in [-0.2, -0.15) is 9.97 Å². The van der Waals surface area contributed by atoms with Gasteiger partial charge in [0.05, 0.1) is 0 Å². The highest BCUT2D eigenvalue weighted by Gasteiger charge is 2.19. The first kappa shape index (κ1) is 14.1. The average molecular weight is 272 g/mol. The molecule has 0 unspecified atom stereocenters. The number of aromatic nitrogens is 2. The molecule has 0 saturated heterocycles. The maximum absolute atomic E-state index is 5.87. The van der Waals surface area contributed by atoms with Gasteiger partial charge >= 0.3 is 0 Å². The molecule has 2 rings (SSSR count). The number of anilines is 2.